The number of nitrogens with one attached hydrogen (secondary N) is 1. The van der Waals surface area contributed by atoms with E-state index in [1.165, 1.54) is 0 Å². The Balaban J connectivity index is 2.24. The summed E-state index contributed by atoms with van der Waals surface area (Å²) in [6, 6.07) is 0. The van der Waals surface area contributed by atoms with Gasteiger partial charge in [-0.3, -0.25) is 4.79 Å². The molecular weight excluding hydrogens is 230 g/mol. The second-order valence-electron chi connectivity index (χ2n) is 5.42. The molecule has 0 aliphatic heterocycles. The van der Waals surface area contributed by atoms with E-state index in [0.717, 1.165) is 0 Å². The van der Waals surface area contributed by atoms with Gasteiger partial charge in [-0.2, -0.15) is 0 Å². The van der Waals surface area contributed by atoms with E-state index >= 15 is 0 Å². The zero-order valence-electron chi connectivity index (χ0n) is 11.4. The van der Waals surface area contributed by atoms with Crippen molar-refractivity contribution < 1.29 is 9.90 Å². The van der Waals surface area contributed by atoms with Crippen LogP contribution in [0.15, 0.2) is 18.7 Å². The Morgan fingerprint density at radius 2 is 2.28 bits per heavy atom. The molecule has 1 rings (SSSR count). The van der Waals surface area contributed by atoms with Gasteiger partial charge in [0.15, 0.2) is 0 Å². The van der Waals surface area contributed by atoms with Gasteiger partial charge in [0.1, 0.15) is 0 Å². The Morgan fingerprint density at radius 3 is 2.83 bits per heavy atom. The molecule has 0 saturated heterocycles. The summed E-state index contributed by atoms with van der Waals surface area (Å²) in [4.78, 5) is 15.5. The van der Waals surface area contributed by atoms with Crippen LogP contribution < -0.4 is 5.32 Å². The highest BCUT2D eigenvalue weighted by molar-refractivity contribution is 5.75. The van der Waals surface area contributed by atoms with Gasteiger partial charge in [-0.1, -0.05) is 13.8 Å². The molecule has 1 amide bonds. The molecular formula is C13H23N3O2. The number of aromatic nitrogens is 2. The third kappa shape index (κ3) is 5.82. The van der Waals surface area contributed by atoms with E-state index < -0.39 is 5.60 Å². The first-order chi connectivity index (χ1) is 8.39. The molecule has 0 radical (unpaired) electrons. The fourth-order valence-corrected chi connectivity index (χ4v) is 1.98. The molecule has 0 spiro atoms. The van der Waals surface area contributed by atoms with Crippen molar-refractivity contribution in [3.05, 3.63) is 18.7 Å². The summed E-state index contributed by atoms with van der Waals surface area (Å²) < 4.78 is 1.85. The van der Waals surface area contributed by atoms with Crippen LogP contribution in [0.3, 0.4) is 0 Å². The maximum absolute atomic E-state index is 11.6. The average molecular weight is 253 g/mol. The maximum atomic E-state index is 11.6. The van der Waals surface area contributed by atoms with Gasteiger partial charge in [-0.25, -0.2) is 4.98 Å². The van der Waals surface area contributed by atoms with Crippen LogP contribution in [-0.2, 0) is 11.3 Å². The SMILES string of the molecule is CC(C)CC(C)(O)CNC(=O)CCn1ccnc1. The van der Waals surface area contributed by atoms with E-state index in [1.54, 1.807) is 19.4 Å². The van der Waals surface area contributed by atoms with Gasteiger partial charge in [0.2, 0.25) is 5.91 Å². The highest BCUT2D eigenvalue weighted by Gasteiger charge is 2.22. The van der Waals surface area contributed by atoms with Gasteiger partial charge >= 0.3 is 0 Å². The number of carbonyl (C=O) groups is 1. The van der Waals surface area contributed by atoms with Gasteiger partial charge in [-0.05, 0) is 19.3 Å². The number of hydrogen-bond acceptors (Lipinski definition) is 3. The summed E-state index contributed by atoms with van der Waals surface area (Å²) in [5, 5.41) is 12.8. The van der Waals surface area contributed by atoms with Crippen molar-refractivity contribution >= 4 is 5.91 Å². The summed E-state index contributed by atoms with van der Waals surface area (Å²) in [6.07, 6.45) is 6.26. The lowest BCUT2D eigenvalue weighted by molar-refractivity contribution is -0.122. The number of aliphatic hydroxyl groups is 1. The number of rotatable bonds is 7. The van der Waals surface area contributed by atoms with Crippen LogP contribution in [0.1, 0.15) is 33.6 Å². The van der Waals surface area contributed by atoms with Crippen molar-refractivity contribution in [3.8, 4) is 0 Å². The summed E-state index contributed by atoms with van der Waals surface area (Å²) in [7, 11) is 0. The van der Waals surface area contributed by atoms with Crippen LogP contribution in [0.5, 0.6) is 0 Å². The third-order valence-electron chi connectivity index (χ3n) is 2.67. The zero-order valence-corrected chi connectivity index (χ0v) is 11.4. The minimum atomic E-state index is -0.834. The van der Waals surface area contributed by atoms with E-state index in [4.69, 9.17) is 0 Å². The van der Waals surface area contributed by atoms with Crippen LogP contribution >= 0.6 is 0 Å². The van der Waals surface area contributed by atoms with Gasteiger partial charge in [0.05, 0.1) is 11.9 Å². The Bertz CT molecular complexity index is 358. The van der Waals surface area contributed by atoms with E-state index in [-0.39, 0.29) is 5.91 Å². The first-order valence-electron chi connectivity index (χ1n) is 6.34. The number of nitrogens with zero attached hydrogens (tertiary/aromatic N) is 2. The van der Waals surface area contributed by atoms with Crippen molar-refractivity contribution in [2.24, 2.45) is 5.92 Å². The molecule has 1 heterocycles. The maximum Gasteiger partial charge on any atom is 0.221 e. The van der Waals surface area contributed by atoms with Crippen LogP contribution in [0.2, 0.25) is 0 Å². The summed E-state index contributed by atoms with van der Waals surface area (Å²) >= 11 is 0. The van der Waals surface area contributed by atoms with Crippen molar-refractivity contribution in [1.29, 1.82) is 0 Å². The molecule has 1 aromatic heterocycles. The molecule has 5 heteroatoms. The molecule has 0 saturated carbocycles. The highest BCUT2D eigenvalue weighted by Crippen LogP contribution is 2.14. The molecule has 0 aromatic carbocycles. The van der Waals surface area contributed by atoms with Crippen molar-refractivity contribution in [2.75, 3.05) is 6.54 Å². The third-order valence-corrected chi connectivity index (χ3v) is 2.67. The lowest BCUT2D eigenvalue weighted by atomic mass is 9.94. The molecule has 18 heavy (non-hydrogen) atoms. The number of hydrogen-bond donors (Lipinski definition) is 2. The number of carbonyl (C=O) groups excluding carboxylic acids is 1. The summed E-state index contributed by atoms with van der Waals surface area (Å²) in [5.74, 6) is 0.357. The molecule has 2 N–H and O–H groups in total. The van der Waals surface area contributed by atoms with Gasteiger partial charge in [0, 0.05) is 31.9 Å². The molecule has 1 aromatic rings. The normalized spacial score (nSPS) is 14.5. The Kier molecular flexibility index (Phi) is 5.34. The fourth-order valence-electron chi connectivity index (χ4n) is 1.98. The van der Waals surface area contributed by atoms with Crippen molar-refractivity contribution in [2.45, 2.75) is 45.8 Å². The van der Waals surface area contributed by atoms with E-state index in [9.17, 15) is 9.90 Å². The second-order valence-corrected chi connectivity index (χ2v) is 5.42. The number of amides is 1. The van der Waals surface area contributed by atoms with Crippen molar-refractivity contribution in [1.82, 2.24) is 14.9 Å². The largest absolute Gasteiger partial charge is 0.388 e. The van der Waals surface area contributed by atoms with Crippen LogP contribution in [0.25, 0.3) is 0 Å². The van der Waals surface area contributed by atoms with Crippen LogP contribution in [0.4, 0.5) is 0 Å². The molecule has 102 valence electrons. The van der Waals surface area contributed by atoms with Crippen LogP contribution in [-0.4, -0.2) is 32.7 Å². The fraction of sp³-hybridized carbons (Fsp3) is 0.692. The van der Waals surface area contributed by atoms with E-state index in [0.29, 0.717) is 31.8 Å². The van der Waals surface area contributed by atoms with E-state index in [2.05, 4.69) is 24.1 Å². The number of aryl methyl sites for hydroxylation is 1. The first kappa shape index (κ1) is 14.7. The van der Waals surface area contributed by atoms with E-state index in [1.807, 2.05) is 10.8 Å². The highest BCUT2D eigenvalue weighted by atomic mass is 16.3. The molecule has 5 nitrogen and oxygen atoms in total. The Hall–Kier alpha value is -1.36. The number of imidazole rings is 1. The van der Waals surface area contributed by atoms with Gasteiger partial charge in [0.25, 0.3) is 0 Å². The topological polar surface area (TPSA) is 67.2 Å². The Morgan fingerprint density at radius 1 is 1.56 bits per heavy atom. The molecule has 0 bridgehead atoms. The molecule has 0 fully saturated rings. The van der Waals surface area contributed by atoms with Crippen molar-refractivity contribution in [3.63, 3.8) is 0 Å². The lowest BCUT2D eigenvalue weighted by Crippen LogP contribution is -2.41. The first-order valence-corrected chi connectivity index (χ1v) is 6.34. The minimum Gasteiger partial charge on any atom is -0.388 e. The standard InChI is InChI=1S/C13H23N3O2/c1-11(2)8-13(3,18)9-15-12(17)4-6-16-7-5-14-10-16/h5,7,10-11,18H,4,6,8-9H2,1-3H3,(H,15,17). The molecule has 1 unspecified atom stereocenters. The molecule has 0 aliphatic rings. The second kappa shape index (κ2) is 6.54. The quantitative estimate of drug-likeness (QED) is 0.767. The molecule has 0 aliphatic carbocycles. The average Bonchev–Trinajstić information content (AvgIpc) is 2.74. The summed E-state index contributed by atoms with van der Waals surface area (Å²) in [6.45, 7) is 6.76. The predicted molar refractivity (Wildman–Crippen MR) is 69.9 cm³/mol. The predicted octanol–water partition coefficient (Wildman–Crippen LogP) is 1.19. The van der Waals surface area contributed by atoms with Crippen LogP contribution in [0, 0.1) is 5.92 Å². The Labute approximate surface area is 108 Å². The van der Waals surface area contributed by atoms with Gasteiger partial charge in [-0.15, -0.1) is 0 Å². The minimum absolute atomic E-state index is 0.0484. The lowest BCUT2D eigenvalue weighted by Gasteiger charge is -2.25. The summed E-state index contributed by atoms with van der Waals surface area (Å²) in [5.41, 5.74) is -0.834. The smallest absolute Gasteiger partial charge is 0.221 e. The monoisotopic (exact) mass is 253 g/mol. The molecule has 1 atom stereocenters. The zero-order chi connectivity index (χ0) is 13.6. The van der Waals surface area contributed by atoms with Gasteiger partial charge < -0.3 is 15.0 Å².